The maximum absolute atomic E-state index is 9.62. The number of aromatic hydroxyl groups is 2. The summed E-state index contributed by atoms with van der Waals surface area (Å²) in [4.78, 5) is 4.03. The predicted molar refractivity (Wildman–Crippen MR) is 66.1 cm³/mol. The zero-order chi connectivity index (χ0) is 12.3. The molecule has 0 aliphatic carbocycles. The van der Waals surface area contributed by atoms with E-state index in [1.165, 1.54) is 6.07 Å². The van der Waals surface area contributed by atoms with Crippen LogP contribution in [0.3, 0.4) is 0 Å². The molecule has 88 valence electrons. The molecular formula is C13H14N2O2. The maximum Gasteiger partial charge on any atom is 0.124 e. The number of hydrogen-bond acceptors (Lipinski definition) is 4. The average Bonchev–Trinajstić information content (AvgIpc) is 2.30. The fourth-order valence-electron chi connectivity index (χ4n) is 1.54. The first-order valence-corrected chi connectivity index (χ1v) is 5.32. The van der Waals surface area contributed by atoms with Gasteiger partial charge in [-0.05, 0) is 30.7 Å². The third-order valence-electron chi connectivity index (χ3n) is 2.58. The van der Waals surface area contributed by atoms with Crippen LogP contribution in [0.2, 0.25) is 0 Å². The summed E-state index contributed by atoms with van der Waals surface area (Å²) in [6, 6.07) is 6.47. The fourth-order valence-corrected chi connectivity index (χ4v) is 1.54. The molecule has 0 bridgehead atoms. The van der Waals surface area contributed by atoms with Crippen LogP contribution in [0.5, 0.6) is 11.5 Å². The van der Waals surface area contributed by atoms with Crippen molar-refractivity contribution in [3.63, 3.8) is 0 Å². The van der Waals surface area contributed by atoms with Gasteiger partial charge in [-0.1, -0.05) is 0 Å². The number of phenolic OH excluding ortho intramolecular Hbond substituents is 2. The van der Waals surface area contributed by atoms with Crippen molar-refractivity contribution in [1.29, 1.82) is 0 Å². The molecule has 0 saturated heterocycles. The molecule has 3 N–H and O–H groups in total. The third-order valence-corrected chi connectivity index (χ3v) is 2.58. The van der Waals surface area contributed by atoms with Crippen molar-refractivity contribution in [2.75, 3.05) is 5.32 Å². The van der Waals surface area contributed by atoms with E-state index in [4.69, 9.17) is 0 Å². The Balaban J connectivity index is 2.10. The predicted octanol–water partition coefficient (Wildman–Crippen LogP) is 2.41. The minimum absolute atomic E-state index is 0.0591. The Morgan fingerprint density at radius 1 is 1.24 bits per heavy atom. The van der Waals surface area contributed by atoms with Crippen molar-refractivity contribution in [2.45, 2.75) is 13.5 Å². The molecule has 1 heterocycles. The van der Waals surface area contributed by atoms with Gasteiger partial charge in [-0.25, -0.2) is 0 Å². The lowest BCUT2D eigenvalue weighted by molar-refractivity contribution is 0.446. The number of nitrogens with zero attached hydrogens (tertiary/aromatic N) is 1. The Labute approximate surface area is 99.6 Å². The van der Waals surface area contributed by atoms with E-state index in [0.29, 0.717) is 6.54 Å². The SMILES string of the molecule is Cc1ccncc1NCc1ccc(O)cc1O. The monoisotopic (exact) mass is 230 g/mol. The lowest BCUT2D eigenvalue weighted by atomic mass is 10.2. The summed E-state index contributed by atoms with van der Waals surface area (Å²) in [6.07, 6.45) is 3.48. The summed E-state index contributed by atoms with van der Waals surface area (Å²) in [6.45, 7) is 2.47. The van der Waals surface area contributed by atoms with Gasteiger partial charge in [-0.15, -0.1) is 0 Å². The van der Waals surface area contributed by atoms with E-state index in [1.807, 2.05) is 13.0 Å². The molecule has 0 aliphatic rings. The summed E-state index contributed by atoms with van der Waals surface area (Å²) >= 11 is 0. The highest BCUT2D eigenvalue weighted by molar-refractivity contribution is 5.49. The molecule has 0 radical (unpaired) electrons. The quantitative estimate of drug-likeness (QED) is 0.757. The Morgan fingerprint density at radius 3 is 2.76 bits per heavy atom. The summed E-state index contributed by atoms with van der Waals surface area (Å²) in [5, 5.41) is 22.0. The Hall–Kier alpha value is -2.23. The second kappa shape index (κ2) is 4.74. The molecule has 4 heteroatoms. The van der Waals surface area contributed by atoms with Crippen LogP contribution < -0.4 is 5.32 Å². The van der Waals surface area contributed by atoms with Crippen molar-refractivity contribution in [3.8, 4) is 11.5 Å². The zero-order valence-electron chi connectivity index (χ0n) is 9.51. The van der Waals surface area contributed by atoms with Crippen LogP contribution in [-0.4, -0.2) is 15.2 Å². The van der Waals surface area contributed by atoms with Gasteiger partial charge >= 0.3 is 0 Å². The molecule has 0 spiro atoms. The Morgan fingerprint density at radius 2 is 2.06 bits per heavy atom. The third kappa shape index (κ3) is 2.66. The van der Waals surface area contributed by atoms with Gasteiger partial charge in [0.25, 0.3) is 0 Å². The number of hydrogen-bond donors (Lipinski definition) is 3. The molecule has 0 amide bonds. The second-order valence-electron chi connectivity index (χ2n) is 3.86. The maximum atomic E-state index is 9.62. The number of benzene rings is 1. The van der Waals surface area contributed by atoms with Crippen molar-refractivity contribution >= 4 is 5.69 Å². The highest BCUT2D eigenvalue weighted by Crippen LogP contribution is 2.23. The fraction of sp³-hybridized carbons (Fsp3) is 0.154. The van der Waals surface area contributed by atoms with Crippen molar-refractivity contribution in [2.24, 2.45) is 0 Å². The Kier molecular flexibility index (Phi) is 3.14. The number of phenols is 2. The second-order valence-corrected chi connectivity index (χ2v) is 3.86. The van der Waals surface area contributed by atoms with Crippen LogP contribution in [0.25, 0.3) is 0 Å². The van der Waals surface area contributed by atoms with E-state index in [1.54, 1.807) is 24.5 Å². The first-order valence-electron chi connectivity index (χ1n) is 5.32. The van der Waals surface area contributed by atoms with Gasteiger partial charge in [0.1, 0.15) is 11.5 Å². The van der Waals surface area contributed by atoms with E-state index in [0.717, 1.165) is 16.8 Å². The molecule has 2 rings (SSSR count). The van der Waals surface area contributed by atoms with E-state index in [9.17, 15) is 10.2 Å². The van der Waals surface area contributed by atoms with E-state index >= 15 is 0 Å². The smallest absolute Gasteiger partial charge is 0.124 e. The first kappa shape index (κ1) is 11.3. The summed E-state index contributed by atoms with van der Waals surface area (Å²) < 4.78 is 0. The first-order chi connectivity index (χ1) is 8.16. The van der Waals surface area contributed by atoms with Gasteiger partial charge < -0.3 is 15.5 Å². The van der Waals surface area contributed by atoms with Gasteiger partial charge in [0, 0.05) is 24.4 Å². The summed E-state index contributed by atoms with van der Waals surface area (Å²) in [5.74, 6) is 0.142. The number of pyridine rings is 1. The minimum atomic E-state index is 0.0591. The number of rotatable bonds is 3. The minimum Gasteiger partial charge on any atom is -0.508 e. The van der Waals surface area contributed by atoms with Crippen LogP contribution in [0, 0.1) is 6.92 Å². The zero-order valence-corrected chi connectivity index (χ0v) is 9.51. The molecule has 0 unspecified atom stereocenters. The normalized spacial score (nSPS) is 10.2. The summed E-state index contributed by atoms with van der Waals surface area (Å²) in [7, 11) is 0. The Bertz CT molecular complexity index is 527. The van der Waals surface area contributed by atoms with Gasteiger partial charge in [-0.2, -0.15) is 0 Å². The lowest BCUT2D eigenvalue weighted by Gasteiger charge is -2.10. The highest BCUT2D eigenvalue weighted by atomic mass is 16.3. The standard InChI is InChI=1S/C13H14N2O2/c1-9-4-5-14-8-12(9)15-7-10-2-3-11(16)6-13(10)17/h2-6,8,15-17H,7H2,1H3. The molecular weight excluding hydrogens is 216 g/mol. The summed E-state index contributed by atoms with van der Waals surface area (Å²) in [5.41, 5.74) is 2.75. The van der Waals surface area contributed by atoms with Crippen LogP contribution in [0.15, 0.2) is 36.7 Å². The molecule has 4 nitrogen and oxygen atoms in total. The molecule has 0 fully saturated rings. The van der Waals surface area contributed by atoms with E-state index in [-0.39, 0.29) is 11.5 Å². The average molecular weight is 230 g/mol. The van der Waals surface area contributed by atoms with Crippen molar-refractivity contribution in [1.82, 2.24) is 4.98 Å². The number of aryl methyl sites for hydroxylation is 1. The van der Waals surface area contributed by atoms with Crippen LogP contribution in [-0.2, 0) is 6.54 Å². The van der Waals surface area contributed by atoms with Crippen LogP contribution in [0.1, 0.15) is 11.1 Å². The number of aromatic nitrogens is 1. The molecule has 2 aromatic rings. The van der Waals surface area contributed by atoms with Crippen LogP contribution in [0.4, 0.5) is 5.69 Å². The molecule has 0 aliphatic heterocycles. The lowest BCUT2D eigenvalue weighted by Crippen LogP contribution is -2.01. The topological polar surface area (TPSA) is 65.4 Å². The van der Waals surface area contributed by atoms with Gasteiger partial charge in [0.15, 0.2) is 0 Å². The molecule has 0 saturated carbocycles. The number of nitrogens with one attached hydrogen (secondary N) is 1. The van der Waals surface area contributed by atoms with E-state index < -0.39 is 0 Å². The number of anilines is 1. The van der Waals surface area contributed by atoms with Gasteiger partial charge in [0.2, 0.25) is 0 Å². The van der Waals surface area contributed by atoms with Crippen molar-refractivity contribution in [3.05, 3.63) is 47.8 Å². The van der Waals surface area contributed by atoms with Crippen molar-refractivity contribution < 1.29 is 10.2 Å². The largest absolute Gasteiger partial charge is 0.508 e. The highest BCUT2D eigenvalue weighted by Gasteiger charge is 2.03. The van der Waals surface area contributed by atoms with Crippen LogP contribution >= 0.6 is 0 Å². The molecule has 1 aromatic heterocycles. The molecule has 1 aromatic carbocycles. The van der Waals surface area contributed by atoms with Gasteiger partial charge in [-0.3, -0.25) is 4.98 Å². The van der Waals surface area contributed by atoms with E-state index in [2.05, 4.69) is 10.3 Å². The van der Waals surface area contributed by atoms with Gasteiger partial charge in [0.05, 0.1) is 11.9 Å². The molecule has 0 atom stereocenters. The molecule has 17 heavy (non-hydrogen) atoms.